The molecule has 2 aliphatic heterocycles. The van der Waals surface area contributed by atoms with Crippen molar-refractivity contribution in [1.82, 2.24) is 24.6 Å². The molecule has 0 N–H and O–H groups in total. The maximum atomic E-state index is 14.0. The van der Waals surface area contributed by atoms with Gasteiger partial charge in [0.2, 0.25) is 5.91 Å². The Morgan fingerprint density at radius 1 is 1.17 bits per heavy atom. The van der Waals surface area contributed by atoms with Crippen LogP contribution in [0.1, 0.15) is 24.6 Å². The Hall–Kier alpha value is -2.13. The number of aromatic nitrogens is 3. The topological polar surface area (TPSA) is 57.5 Å². The molecule has 1 aromatic carbocycles. The van der Waals surface area contributed by atoms with Gasteiger partial charge in [-0.3, -0.25) is 9.69 Å². The summed E-state index contributed by atoms with van der Waals surface area (Å²) in [5.41, 5.74) is 0.622. The van der Waals surface area contributed by atoms with Crippen LogP contribution in [0.2, 0.25) is 0 Å². The monoisotopic (exact) mass is 432 g/mol. The minimum Gasteiger partial charge on any atom is -0.366 e. The van der Waals surface area contributed by atoms with E-state index in [4.69, 9.17) is 0 Å². The standard InChI is InChI=1S/C21H29FN6OS/c1-25-20(23-24-21(25)30-2)16-6-5-9-26(14-16)15-19(29)28-12-10-27(11-13-28)18-8-4-3-7-17(18)22/h3-4,7-8,16H,5-6,9-15H2,1-2H3. The number of rotatable bonds is 5. The number of piperidine rings is 1. The molecular weight excluding hydrogens is 403 g/mol. The molecule has 30 heavy (non-hydrogen) atoms. The molecule has 162 valence electrons. The average Bonchev–Trinajstić information content (AvgIpc) is 3.15. The summed E-state index contributed by atoms with van der Waals surface area (Å²) in [5.74, 6) is 1.27. The molecule has 0 aliphatic carbocycles. The Labute approximate surface area is 181 Å². The molecule has 2 aliphatic rings. The Morgan fingerprint density at radius 2 is 1.93 bits per heavy atom. The number of hydrogen-bond acceptors (Lipinski definition) is 6. The fourth-order valence-corrected chi connectivity index (χ4v) is 4.96. The number of carbonyl (C=O) groups is 1. The van der Waals surface area contributed by atoms with Crippen molar-refractivity contribution in [3.63, 3.8) is 0 Å². The van der Waals surface area contributed by atoms with Gasteiger partial charge in [0.05, 0.1) is 12.2 Å². The van der Waals surface area contributed by atoms with Gasteiger partial charge < -0.3 is 14.4 Å². The quantitative estimate of drug-likeness (QED) is 0.676. The molecule has 0 spiro atoms. The lowest BCUT2D eigenvalue weighted by molar-refractivity contribution is -0.133. The number of nitrogens with zero attached hydrogens (tertiary/aromatic N) is 6. The van der Waals surface area contributed by atoms with Crippen LogP contribution < -0.4 is 4.90 Å². The van der Waals surface area contributed by atoms with Crippen molar-refractivity contribution in [3.05, 3.63) is 35.9 Å². The first-order chi connectivity index (χ1) is 14.6. The number of hydrogen-bond donors (Lipinski definition) is 0. The highest BCUT2D eigenvalue weighted by atomic mass is 32.2. The summed E-state index contributed by atoms with van der Waals surface area (Å²) >= 11 is 1.60. The predicted octanol–water partition coefficient (Wildman–Crippen LogP) is 2.20. The van der Waals surface area contributed by atoms with Crippen molar-refractivity contribution in [2.24, 2.45) is 7.05 Å². The van der Waals surface area contributed by atoms with Crippen molar-refractivity contribution in [1.29, 1.82) is 0 Å². The minimum absolute atomic E-state index is 0.159. The maximum absolute atomic E-state index is 14.0. The predicted molar refractivity (Wildman–Crippen MR) is 116 cm³/mol. The van der Waals surface area contributed by atoms with Crippen LogP contribution in [0.5, 0.6) is 0 Å². The summed E-state index contributed by atoms with van der Waals surface area (Å²) in [7, 11) is 2.01. The smallest absolute Gasteiger partial charge is 0.236 e. The summed E-state index contributed by atoms with van der Waals surface area (Å²) in [6.07, 6.45) is 4.14. The van der Waals surface area contributed by atoms with Crippen molar-refractivity contribution in [2.75, 3.05) is 57.0 Å². The van der Waals surface area contributed by atoms with Crippen LogP contribution in [0.15, 0.2) is 29.4 Å². The van der Waals surface area contributed by atoms with E-state index in [0.717, 1.165) is 36.9 Å². The van der Waals surface area contributed by atoms with Crippen LogP contribution in [-0.2, 0) is 11.8 Å². The molecule has 2 aromatic rings. The van der Waals surface area contributed by atoms with E-state index in [9.17, 15) is 9.18 Å². The van der Waals surface area contributed by atoms with Gasteiger partial charge in [-0.15, -0.1) is 10.2 Å². The largest absolute Gasteiger partial charge is 0.366 e. The average molecular weight is 433 g/mol. The molecule has 1 unspecified atom stereocenters. The van der Waals surface area contributed by atoms with Gasteiger partial charge in [-0.25, -0.2) is 4.39 Å². The van der Waals surface area contributed by atoms with Gasteiger partial charge in [-0.1, -0.05) is 23.9 Å². The highest BCUT2D eigenvalue weighted by molar-refractivity contribution is 7.98. The van der Waals surface area contributed by atoms with E-state index in [1.807, 2.05) is 29.2 Å². The van der Waals surface area contributed by atoms with Crippen molar-refractivity contribution in [2.45, 2.75) is 23.9 Å². The van der Waals surface area contributed by atoms with Gasteiger partial charge in [0.1, 0.15) is 11.6 Å². The van der Waals surface area contributed by atoms with Gasteiger partial charge in [-0.05, 0) is 37.8 Å². The number of halogens is 1. The number of amides is 1. The van der Waals surface area contributed by atoms with E-state index in [0.29, 0.717) is 44.3 Å². The summed E-state index contributed by atoms with van der Waals surface area (Å²) in [5, 5.41) is 9.57. The van der Waals surface area contributed by atoms with E-state index in [1.54, 1.807) is 23.9 Å². The SMILES string of the molecule is CSc1nnc(C2CCCN(CC(=O)N3CCN(c4ccccc4F)CC3)C2)n1C. The number of para-hydroxylation sites is 1. The number of carbonyl (C=O) groups excluding carboxylic acids is 1. The molecule has 1 aromatic heterocycles. The normalized spacial score (nSPS) is 20.6. The fourth-order valence-electron chi connectivity index (χ4n) is 4.47. The molecule has 0 saturated carbocycles. The van der Waals surface area contributed by atoms with Gasteiger partial charge in [0.25, 0.3) is 0 Å². The Balaban J connectivity index is 1.31. The van der Waals surface area contributed by atoms with Crippen LogP contribution in [0.4, 0.5) is 10.1 Å². The van der Waals surface area contributed by atoms with Crippen LogP contribution in [-0.4, -0.2) is 82.5 Å². The highest BCUT2D eigenvalue weighted by Crippen LogP contribution is 2.27. The second-order valence-electron chi connectivity index (χ2n) is 8.00. The van der Waals surface area contributed by atoms with Crippen molar-refractivity contribution in [3.8, 4) is 0 Å². The summed E-state index contributed by atoms with van der Waals surface area (Å²) in [4.78, 5) is 19.1. The zero-order chi connectivity index (χ0) is 21.1. The van der Waals surface area contributed by atoms with Crippen LogP contribution in [0.25, 0.3) is 0 Å². The molecule has 1 amide bonds. The van der Waals surface area contributed by atoms with Crippen LogP contribution in [0, 0.1) is 5.82 Å². The second-order valence-corrected chi connectivity index (χ2v) is 8.77. The molecule has 2 saturated heterocycles. The Kier molecular flexibility index (Phi) is 6.58. The lowest BCUT2D eigenvalue weighted by Crippen LogP contribution is -2.52. The van der Waals surface area contributed by atoms with Gasteiger partial charge in [0, 0.05) is 45.7 Å². The lowest BCUT2D eigenvalue weighted by Gasteiger charge is -2.38. The maximum Gasteiger partial charge on any atom is 0.236 e. The summed E-state index contributed by atoms with van der Waals surface area (Å²) in [6, 6.07) is 6.84. The first-order valence-electron chi connectivity index (χ1n) is 10.5. The van der Waals surface area contributed by atoms with Crippen LogP contribution >= 0.6 is 11.8 Å². The van der Waals surface area contributed by atoms with Crippen LogP contribution in [0.3, 0.4) is 0 Å². The van der Waals surface area contributed by atoms with E-state index in [1.165, 1.54) is 6.07 Å². The first-order valence-corrected chi connectivity index (χ1v) is 11.7. The number of likely N-dealkylation sites (tertiary alicyclic amines) is 1. The third kappa shape index (κ3) is 4.46. The van der Waals surface area contributed by atoms with E-state index in [-0.39, 0.29) is 11.7 Å². The lowest BCUT2D eigenvalue weighted by atomic mass is 9.97. The summed E-state index contributed by atoms with van der Waals surface area (Å²) < 4.78 is 16.1. The third-order valence-electron chi connectivity index (χ3n) is 6.11. The molecule has 0 radical (unpaired) electrons. The number of piperazine rings is 1. The molecule has 0 bridgehead atoms. The van der Waals surface area contributed by atoms with E-state index >= 15 is 0 Å². The van der Waals surface area contributed by atoms with Gasteiger partial charge in [-0.2, -0.15) is 0 Å². The van der Waals surface area contributed by atoms with Crippen molar-refractivity contribution < 1.29 is 9.18 Å². The van der Waals surface area contributed by atoms with E-state index in [2.05, 4.69) is 19.7 Å². The number of thioether (sulfide) groups is 1. The molecule has 3 heterocycles. The first kappa shape index (κ1) is 21.1. The molecule has 7 nitrogen and oxygen atoms in total. The highest BCUT2D eigenvalue weighted by Gasteiger charge is 2.29. The molecule has 9 heteroatoms. The van der Waals surface area contributed by atoms with Gasteiger partial charge >= 0.3 is 0 Å². The van der Waals surface area contributed by atoms with E-state index < -0.39 is 0 Å². The number of anilines is 1. The zero-order valence-corrected chi connectivity index (χ0v) is 18.4. The second kappa shape index (κ2) is 9.34. The summed E-state index contributed by atoms with van der Waals surface area (Å²) in [6.45, 7) is 4.78. The number of benzene rings is 1. The Morgan fingerprint density at radius 3 is 2.63 bits per heavy atom. The molecule has 2 fully saturated rings. The van der Waals surface area contributed by atoms with Gasteiger partial charge in [0.15, 0.2) is 5.16 Å². The molecular formula is C21H29FN6OS. The Bertz CT molecular complexity index is 882. The zero-order valence-electron chi connectivity index (χ0n) is 17.6. The van der Waals surface area contributed by atoms with Crippen molar-refractivity contribution >= 4 is 23.4 Å². The molecule has 4 rings (SSSR count). The molecule has 1 atom stereocenters. The fraction of sp³-hybridized carbons (Fsp3) is 0.571. The minimum atomic E-state index is -0.204. The third-order valence-corrected chi connectivity index (χ3v) is 6.83.